The summed E-state index contributed by atoms with van der Waals surface area (Å²) in [5.74, 6) is -0.883. The van der Waals surface area contributed by atoms with Gasteiger partial charge in [0, 0.05) is 5.92 Å². The summed E-state index contributed by atoms with van der Waals surface area (Å²) in [6.45, 7) is 3.00. The van der Waals surface area contributed by atoms with Crippen LogP contribution in [0.2, 0.25) is 0 Å². The fourth-order valence-corrected chi connectivity index (χ4v) is 2.83. The van der Waals surface area contributed by atoms with E-state index in [-0.39, 0.29) is 18.4 Å². The molecule has 0 saturated heterocycles. The number of aliphatic hydroxyl groups is 1. The van der Waals surface area contributed by atoms with Crippen LogP contribution in [0.3, 0.4) is 0 Å². The largest absolute Gasteiger partial charge is 0.479 e. The van der Waals surface area contributed by atoms with Crippen LogP contribution in [0.15, 0.2) is 0 Å². The lowest BCUT2D eigenvalue weighted by molar-refractivity contribution is -0.156. The van der Waals surface area contributed by atoms with E-state index in [1.54, 1.807) is 0 Å². The minimum atomic E-state index is -1.90. The van der Waals surface area contributed by atoms with Crippen molar-refractivity contribution in [2.24, 2.45) is 11.8 Å². The van der Waals surface area contributed by atoms with Gasteiger partial charge in [-0.2, -0.15) is 0 Å². The third-order valence-corrected chi connectivity index (χ3v) is 4.17. The molecule has 1 rings (SSSR count). The van der Waals surface area contributed by atoms with E-state index in [2.05, 4.69) is 5.32 Å². The van der Waals surface area contributed by atoms with Crippen LogP contribution >= 0.6 is 0 Å². The molecule has 3 N–H and O–H groups in total. The van der Waals surface area contributed by atoms with Crippen LogP contribution in [0.25, 0.3) is 0 Å². The average Bonchev–Trinajstić information content (AvgIpc) is 2.88. The standard InChI is InChI=1S/C15H27NO4/c1-3-6-12(9-11-7-4-5-8-11)13(17)16-10-15(2,20)14(18)19/h11-12,20H,3-10H2,1-2H3,(H,16,17)(H,18,19). The molecule has 0 spiro atoms. The highest BCUT2D eigenvalue weighted by molar-refractivity contribution is 5.81. The Balaban J connectivity index is 2.48. The lowest BCUT2D eigenvalue weighted by atomic mass is 9.89. The van der Waals surface area contributed by atoms with Crippen molar-refractivity contribution in [3.8, 4) is 0 Å². The molecule has 116 valence electrons. The molecule has 2 unspecified atom stereocenters. The maximum atomic E-state index is 12.2. The molecule has 2 atom stereocenters. The summed E-state index contributed by atoms with van der Waals surface area (Å²) in [4.78, 5) is 23.0. The van der Waals surface area contributed by atoms with Gasteiger partial charge in [-0.3, -0.25) is 4.79 Å². The van der Waals surface area contributed by atoms with Gasteiger partial charge in [-0.15, -0.1) is 0 Å². The third-order valence-electron chi connectivity index (χ3n) is 4.17. The van der Waals surface area contributed by atoms with E-state index in [4.69, 9.17) is 5.11 Å². The predicted octanol–water partition coefficient (Wildman–Crippen LogP) is 1.93. The Kier molecular flexibility index (Phi) is 6.46. The molecule has 1 aliphatic carbocycles. The van der Waals surface area contributed by atoms with Gasteiger partial charge in [0.15, 0.2) is 5.60 Å². The number of hydrogen-bond donors (Lipinski definition) is 3. The maximum absolute atomic E-state index is 12.2. The Morgan fingerprint density at radius 3 is 2.45 bits per heavy atom. The molecule has 1 fully saturated rings. The highest BCUT2D eigenvalue weighted by Crippen LogP contribution is 2.31. The van der Waals surface area contributed by atoms with E-state index in [0.717, 1.165) is 19.3 Å². The van der Waals surface area contributed by atoms with E-state index < -0.39 is 11.6 Å². The summed E-state index contributed by atoms with van der Waals surface area (Å²) in [5.41, 5.74) is -1.90. The summed E-state index contributed by atoms with van der Waals surface area (Å²) in [6, 6.07) is 0. The lowest BCUT2D eigenvalue weighted by Crippen LogP contribution is -2.48. The van der Waals surface area contributed by atoms with Crippen molar-refractivity contribution in [2.45, 2.75) is 64.4 Å². The fraction of sp³-hybridized carbons (Fsp3) is 0.867. The molecule has 20 heavy (non-hydrogen) atoms. The van der Waals surface area contributed by atoms with Gasteiger partial charge in [0.1, 0.15) is 0 Å². The number of carboxylic acids is 1. The number of carboxylic acid groups (broad SMARTS) is 1. The zero-order valence-electron chi connectivity index (χ0n) is 12.5. The summed E-state index contributed by atoms with van der Waals surface area (Å²) in [5, 5.41) is 21.0. The molecule has 1 amide bonds. The summed E-state index contributed by atoms with van der Waals surface area (Å²) in [7, 11) is 0. The van der Waals surface area contributed by atoms with Crippen LogP contribution in [-0.4, -0.2) is 34.2 Å². The Morgan fingerprint density at radius 1 is 1.35 bits per heavy atom. The van der Waals surface area contributed by atoms with Crippen LogP contribution in [0, 0.1) is 11.8 Å². The van der Waals surface area contributed by atoms with Gasteiger partial charge in [0.25, 0.3) is 0 Å². The highest BCUT2D eigenvalue weighted by atomic mass is 16.4. The predicted molar refractivity (Wildman–Crippen MR) is 76.2 cm³/mol. The van der Waals surface area contributed by atoms with Crippen molar-refractivity contribution in [2.75, 3.05) is 6.54 Å². The number of carbonyl (C=O) groups excluding carboxylic acids is 1. The first-order valence-electron chi connectivity index (χ1n) is 7.60. The first kappa shape index (κ1) is 17.0. The van der Waals surface area contributed by atoms with Crippen LogP contribution in [-0.2, 0) is 9.59 Å². The second-order valence-corrected chi connectivity index (χ2v) is 6.17. The molecule has 0 aromatic carbocycles. The monoisotopic (exact) mass is 285 g/mol. The van der Waals surface area contributed by atoms with Gasteiger partial charge in [0.05, 0.1) is 6.54 Å². The third kappa shape index (κ3) is 5.12. The van der Waals surface area contributed by atoms with Crippen molar-refractivity contribution in [3.05, 3.63) is 0 Å². The Bertz CT molecular complexity index is 335. The molecule has 0 radical (unpaired) electrons. The average molecular weight is 285 g/mol. The summed E-state index contributed by atoms with van der Waals surface area (Å²) >= 11 is 0. The van der Waals surface area contributed by atoms with E-state index in [0.29, 0.717) is 5.92 Å². The number of nitrogens with one attached hydrogen (secondary N) is 1. The van der Waals surface area contributed by atoms with Crippen LogP contribution in [0.1, 0.15) is 58.8 Å². The molecule has 1 saturated carbocycles. The molecular formula is C15H27NO4. The first-order valence-corrected chi connectivity index (χ1v) is 7.60. The van der Waals surface area contributed by atoms with Gasteiger partial charge in [-0.25, -0.2) is 4.79 Å². The lowest BCUT2D eigenvalue weighted by Gasteiger charge is -2.23. The van der Waals surface area contributed by atoms with E-state index in [1.165, 1.54) is 32.6 Å². The van der Waals surface area contributed by atoms with Crippen LogP contribution in [0.5, 0.6) is 0 Å². The minimum Gasteiger partial charge on any atom is -0.479 e. The molecule has 5 nitrogen and oxygen atoms in total. The summed E-state index contributed by atoms with van der Waals surface area (Å²) < 4.78 is 0. The fourth-order valence-electron chi connectivity index (χ4n) is 2.83. The zero-order chi connectivity index (χ0) is 15.2. The SMILES string of the molecule is CCCC(CC1CCCC1)C(=O)NCC(C)(O)C(=O)O. The topological polar surface area (TPSA) is 86.6 Å². The van der Waals surface area contributed by atoms with E-state index >= 15 is 0 Å². The Hall–Kier alpha value is -1.10. The number of carbonyl (C=O) groups is 2. The van der Waals surface area contributed by atoms with Crippen molar-refractivity contribution < 1.29 is 19.8 Å². The Morgan fingerprint density at radius 2 is 1.95 bits per heavy atom. The van der Waals surface area contributed by atoms with Crippen LogP contribution < -0.4 is 5.32 Å². The molecule has 0 heterocycles. The summed E-state index contributed by atoms with van der Waals surface area (Å²) in [6.07, 6.45) is 7.52. The minimum absolute atomic E-state index is 0.0623. The van der Waals surface area contributed by atoms with Crippen LogP contribution in [0.4, 0.5) is 0 Å². The number of amides is 1. The molecular weight excluding hydrogens is 258 g/mol. The van der Waals surface area contributed by atoms with Crippen molar-refractivity contribution in [1.29, 1.82) is 0 Å². The van der Waals surface area contributed by atoms with Crippen molar-refractivity contribution >= 4 is 11.9 Å². The molecule has 5 heteroatoms. The van der Waals surface area contributed by atoms with Crippen molar-refractivity contribution in [1.82, 2.24) is 5.32 Å². The molecule has 0 bridgehead atoms. The van der Waals surface area contributed by atoms with Gasteiger partial charge in [0.2, 0.25) is 5.91 Å². The maximum Gasteiger partial charge on any atom is 0.337 e. The highest BCUT2D eigenvalue weighted by Gasteiger charge is 2.32. The van der Waals surface area contributed by atoms with E-state index in [1.807, 2.05) is 6.92 Å². The second-order valence-electron chi connectivity index (χ2n) is 6.17. The second kappa shape index (κ2) is 7.62. The molecule has 1 aliphatic rings. The first-order chi connectivity index (χ1) is 9.36. The van der Waals surface area contributed by atoms with Gasteiger partial charge in [-0.05, 0) is 25.7 Å². The molecule has 0 aliphatic heterocycles. The Labute approximate surface area is 120 Å². The molecule has 0 aromatic rings. The normalized spacial score (nSPS) is 20.4. The number of hydrogen-bond acceptors (Lipinski definition) is 3. The zero-order valence-corrected chi connectivity index (χ0v) is 12.5. The van der Waals surface area contributed by atoms with Gasteiger partial charge in [-0.1, -0.05) is 39.0 Å². The smallest absolute Gasteiger partial charge is 0.337 e. The van der Waals surface area contributed by atoms with Gasteiger partial charge >= 0.3 is 5.97 Å². The molecule has 0 aromatic heterocycles. The number of aliphatic carboxylic acids is 1. The number of rotatable bonds is 8. The van der Waals surface area contributed by atoms with E-state index in [9.17, 15) is 14.7 Å². The quantitative estimate of drug-likeness (QED) is 0.636. The van der Waals surface area contributed by atoms with Crippen molar-refractivity contribution in [3.63, 3.8) is 0 Å². The van der Waals surface area contributed by atoms with Gasteiger partial charge < -0.3 is 15.5 Å².